The molecule has 1 aliphatic rings. The van der Waals surface area contributed by atoms with Crippen LogP contribution < -0.4 is 4.90 Å². The molecule has 0 radical (unpaired) electrons. The van der Waals surface area contributed by atoms with E-state index in [0.29, 0.717) is 30.0 Å². The van der Waals surface area contributed by atoms with Crippen LogP contribution in [0.25, 0.3) is 0 Å². The van der Waals surface area contributed by atoms with E-state index in [4.69, 9.17) is 27.9 Å². The van der Waals surface area contributed by atoms with Crippen molar-refractivity contribution in [3.05, 3.63) is 64.1 Å². The lowest BCUT2D eigenvalue weighted by Gasteiger charge is -2.52. The Morgan fingerprint density at radius 3 is 2.32 bits per heavy atom. The minimum absolute atomic E-state index is 0.507. The van der Waals surface area contributed by atoms with Crippen molar-refractivity contribution in [3.63, 3.8) is 0 Å². The van der Waals surface area contributed by atoms with E-state index in [0.717, 1.165) is 17.8 Å². The van der Waals surface area contributed by atoms with Crippen LogP contribution in [-0.4, -0.2) is 54.9 Å². The van der Waals surface area contributed by atoms with Crippen molar-refractivity contribution in [2.24, 2.45) is 0 Å². The average molecular weight is 424 g/mol. The number of aliphatic hydroxyl groups is 1. The summed E-state index contributed by atoms with van der Waals surface area (Å²) in [5.74, 6) is 0. The van der Waals surface area contributed by atoms with E-state index >= 15 is 0 Å². The van der Waals surface area contributed by atoms with E-state index in [1.54, 1.807) is 13.2 Å². The van der Waals surface area contributed by atoms with Crippen LogP contribution in [0.15, 0.2) is 48.5 Å². The highest BCUT2D eigenvalue weighted by Crippen LogP contribution is 2.36. The Bertz CT molecular complexity index is 768. The SMILES string of the molecule is COCCN1CN(c2ccccc2)C(O)N(C(C)(C)c2cc(Cl)cc(Cl)c2)C1. The van der Waals surface area contributed by atoms with Crippen molar-refractivity contribution in [1.82, 2.24) is 9.80 Å². The molecule has 1 N–H and O–H groups in total. The van der Waals surface area contributed by atoms with Gasteiger partial charge in [-0.15, -0.1) is 0 Å². The number of benzene rings is 2. The molecule has 1 atom stereocenters. The van der Waals surface area contributed by atoms with Gasteiger partial charge >= 0.3 is 0 Å². The highest BCUT2D eigenvalue weighted by molar-refractivity contribution is 6.34. The summed E-state index contributed by atoms with van der Waals surface area (Å²) in [6, 6.07) is 15.5. The maximum atomic E-state index is 11.3. The summed E-state index contributed by atoms with van der Waals surface area (Å²) in [5.41, 5.74) is 1.40. The summed E-state index contributed by atoms with van der Waals surface area (Å²) in [5, 5.41) is 12.5. The van der Waals surface area contributed by atoms with Gasteiger partial charge in [-0.2, -0.15) is 0 Å². The first-order valence-corrected chi connectivity index (χ1v) is 10.0. The highest BCUT2D eigenvalue weighted by Gasteiger charge is 2.41. The van der Waals surface area contributed by atoms with Gasteiger partial charge in [0, 0.05) is 34.9 Å². The second-order valence-corrected chi connectivity index (χ2v) is 8.38. The molecule has 0 saturated carbocycles. The fraction of sp³-hybridized carbons (Fsp3) is 0.429. The van der Waals surface area contributed by atoms with Crippen LogP contribution in [0.5, 0.6) is 0 Å². The standard InChI is InChI=1S/C21H27Cl2N3O2/c1-21(2,16-11-17(22)13-18(23)12-16)26-15-24(9-10-28-3)14-25(20(26)27)19-7-5-4-6-8-19/h4-8,11-13,20,27H,9-10,14-15H2,1-3H3. The maximum Gasteiger partial charge on any atom is 0.189 e. The minimum atomic E-state index is -0.797. The van der Waals surface area contributed by atoms with Crippen molar-refractivity contribution in [2.45, 2.75) is 25.7 Å². The summed E-state index contributed by atoms with van der Waals surface area (Å²) in [6.07, 6.45) is -0.797. The Kier molecular flexibility index (Phi) is 6.86. The van der Waals surface area contributed by atoms with E-state index < -0.39 is 11.9 Å². The van der Waals surface area contributed by atoms with Gasteiger partial charge in [0.25, 0.3) is 0 Å². The quantitative estimate of drug-likeness (QED) is 0.753. The van der Waals surface area contributed by atoms with E-state index in [-0.39, 0.29) is 0 Å². The van der Waals surface area contributed by atoms with Crippen LogP contribution in [0.2, 0.25) is 10.0 Å². The number of halogens is 2. The van der Waals surface area contributed by atoms with E-state index in [2.05, 4.69) is 18.7 Å². The number of para-hydroxylation sites is 1. The lowest BCUT2D eigenvalue weighted by Crippen LogP contribution is -2.66. The lowest BCUT2D eigenvalue weighted by molar-refractivity contribution is -0.123. The first kappa shape index (κ1) is 21.4. The number of rotatable bonds is 6. The second kappa shape index (κ2) is 8.99. The molecule has 5 nitrogen and oxygen atoms in total. The Labute approximate surface area is 177 Å². The van der Waals surface area contributed by atoms with Crippen molar-refractivity contribution in [2.75, 3.05) is 38.5 Å². The van der Waals surface area contributed by atoms with Crippen LogP contribution in [0, 0.1) is 0 Å². The number of methoxy groups -OCH3 is 1. The number of anilines is 1. The molecule has 1 heterocycles. The average Bonchev–Trinajstić information content (AvgIpc) is 2.67. The fourth-order valence-corrected chi connectivity index (χ4v) is 4.05. The van der Waals surface area contributed by atoms with E-state index in [1.165, 1.54) is 0 Å². The molecular formula is C21H27Cl2N3O2. The highest BCUT2D eigenvalue weighted by atomic mass is 35.5. The molecule has 0 amide bonds. The van der Waals surface area contributed by atoms with Gasteiger partial charge in [-0.25, -0.2) is 4.90 Å². The number of hydrogen-bond donors (Lipinski definition) is 1. The number of aliphatic hydroxyl groups excluding tert-OH is 1. The Balaban J connectivity index is 1.96. The second-order valence-electron chi connectivity index (χ2n) is 7.51. The third kappa shape index (κ3) is 4.62. The topological polar surface area (TPSA) is 39.2 Å². The smallest absolute Gasteiger partial charge is 0.189 e. The molecule has 0 aliphatic carbocycles. The van der Waals surface area contributed by atoms with Gasteiger partial charge in [-0.05, 0) is 49.7 Å². The molecule has 3 rings (SSSR count). The zero-order chi connectivity index (χ0) is 20.3. The molecule has 0 bridgehead atoms. The maximum absolute atomic E-state index is 11.3. The van der Waals surface area contributed by atoms with Crippen LogP contribution in [0.1, 0.15) is 19.4 Å². The lowest BCUT2D eigenvalue weighted by atomic mass is 9.92. The first-order chi connectivity index (χ1) is 13.3. The molecule has 2 aromatic carbocycles. The van der Waals surface area contributed by atoms with Gasteiger partial charge in [0.1, 0.15) is 0 Å². The van der Waals surface area contributed by atoms with Gasteiger partial charge in [0.15, 0.2) is 6.35 Å². The molecule has 0 aromatic heterocycles. The van der Waals surface area contributed by atoms with Crippen molar-refractivity contribution in [3.8, 4) is 0 Å². The molecule has 1 unspecified atom stereocenters. The molecule has 28 heavy (non-hydrogen) atoms. The third-order valence-corrected chi connectivity index (χ3v) is 5.69. The molecule has 152 valence electrons. The fourth-order valence-electron chi connectivity index (χ4n) is 3.52. The zero-order valence-electron chi connectivity index (χ0n) is 16.5. The molecule has 7 heteroatoms. The van der Waals surface area contributed by atoms with Crippen LogP contribution in [0.3, 0.4) is 0 Å². The monoisotopic (exact) mass is 423 g/mol. The Hall–Kier alpha value is -1.34. The van der Waals surface area contributed by atoms with Gasteiger partial charge in [-0.1, -0.05) is 41.4 Å². The van der Waals surface area contributed by atoms with Crippen LogP contribution in [-0.2, 0) is 10.3 Å². The molecule has 1 saturated heterocycles. The summed E-state index contributed by atoms with van der Waals surface area (Å²) in [6.45, 7) is 6.72. The van der Waals surface area contributed by atoms with Crippen molar-refractivity contribution >= 4 is 28.9 Å². The summed E-state index contributed by atoms with van der Waals surface area (Å²) in [7, 11) is 1.70. The van der Waals surface area contributed by atoms with E-state index in [9.17, 15) is 5.11 Å². The van der Waals surface area contributed by atoms with E-state index in [1.807, 2.05) is 52.3 Å². The number of hydrogen-bond acceptors (Lipinski definition) is 5. The van der Waals surface area contributed by atoms with Crippen LogP contribution in [0.4, 0.5) is 5.69 Å². The van der Waals surface area contributed by atoms with Crippen LogP contribution >= 0.6 is 23.2 Å². The van der Waals surface area contributed by atoms with Crippen molar-refractivity contribution in [1.29, 1.82) is 0 Å². The molecule has 1 aliphatic heterocycles. The molecular weight excluding hydrogens is 397 g/mol. The summed E-state index contributed by atoms with van der Waals surface area (Å²) < 4.78 is 5.27. The summed E-state index contributed by atoms with van der Waals surface area (Å²) >= 11 is 12.5. The number of nitrogens with zero attached hydrogens (tertiary/aromatic N) is 3. The zero-order valence-corrected chi connectivity index (χ0v) is 18.0. The largest absolute Gasteiger partial charge is 0.383 e. The minimum Gasteiger partial charge on any atom is -0.383 e. The predicted octanol–water partition coefficient (Wildman–Crippen LogP) is 4.19. The molecule has 0 spiro atoms. The first-order valence-electron chi connectivity index (χ1n) is 9.27. The van der Waals surface area contributed by atoms with Gasteiger partial charge in [0.05, 0.1) is 19.9 Å². The Morgan fingerprint density at radius 2 is 1.71 bits per heavy atom. The van der Waals surface area contributed by atoms with Gasteiger partial charge in [-0.3, -0.25) is 4.90 Å². The molecule has 2 aromatic rings. The summed E-state index contributed by atoms with van der Waals surface area (Å²) in [4.78, 5) is 6.27. The van der Waals surface area contributed by atoms with Gasteiger partial charge in [0.2, 0.25) is 0 Å². The predicted molar refractivity (Wildman–Crippen MR) is 115 cm³/mol. The van der Waals surface area contributed by atoms with Crippen molar-refractivity contribution < 1.29 is 9.84 Å². The normalized spacial score (nSPS) is 19.2. The Morgan fingerprint density at radius 1 is 1.07 bits per heavy atom. The molecule has 1 fully saturated rings. The third-order valence-electron chi connectivity index (χ3n) is 5.25. The van der Waals surface area contributed by atoms with Gasteiger partial charge < -0.3 is 14.7 Å². The number of ether oxygens (including phenoxy) is 1.